The van der Waals surface area contributed by atoms with Gasteiger partial charge >= 0.3 is 0 Å². The number of fused-ring (bicyclic) bond motifs is 1. The van der Waals surface area contributed by atoms with Gasteiger partial charge in [0.1, 0.15) is 11.6 Å². The standard InChI is InChI=1S/C15H19N3O/c1-3-10-18-14-8-7-12(19-4-2)11-13(14)17-15(18)6-5-9-16/h1,7-8,11H,4-6,9-10,16H2,2H3. The molecule has 0 saturated heterocycles. The summed E-state index contributed by atoms with van der Waals surface area (Å²) >= 11 is 0. The fourth-order valence-corrected chi connectivity index (χ4v) is 2.13. The van der Waals surface area contributed by atoms with E-state index >= 15 is 0 Å². The maximum absolute atomic E-state index is 5.56. The summed E-state index contributed by atoms with van der Waals surface area (Å²) in [7, 11) is 0. The van der Waals surface area contributed by atoms with Crippen molar-refractivity contribution in [2.75, 3.05) is 13.2 Å². The van der Waals surface area contributed by atoms with Crippen LogP contribution >= 0.6 is 0 Å². The topological polar surface area (TPSA) is 53.1 Å². The first-order chi connectivity index (χ1) is 9.30. The molecular formula is C15H19N3O. The molecule has 19 heavy (non-hydrogen) atoms. The van der Waals surface area contributed by atoms with Crippen molar-refractivity contribution >= 4 is 11.0 Å². The van der Waals surface area contributed by atoms with Gasteiger partial charge in [-0.2, -0.15) is 0 Å². The smallest absolute Gasteiger partial charge is 0.121 e. The van der Waals surface area contributed by atoms with Gasteiger partial charge in [0, 0.05) is 12.5 Å². The van der Waals surface area contributed by atoms with Gasteiger partial charge in [-0.1, -0.05) is 5.92 Å². The van der Waals surface area contributed by atoms with E-state index in [4.69, 9.17) is 16.9 Å². The maximum atomic E-state index is 5.56. The van der Waals surface area contributed by atoms with E-state index in [1.165, 1.54) is 0 Å². The maximum Gasteiger partial charge on any atom is 0.121 e. The number of terminal acetylenes is 1. The summed E-state index contributed by atoms with van der Waals surface area (Å²) in [6.45, 7) is 3.80. The fourth-order valence-electron chi connectivity index (χ4n) is 2.13. The molecule has 4 heteroatoms. The Bertz CT molecular complexity index is 595. The molecule has 0 fully saturated rings. The molecular weight excluding hydrogens is 238 g/mol. The van der Waals surface area contributed by atoms with Crippen molar-refractivity contribution in [2.45, 2.75) is 26.3 Å². The Kier molecular flexibility index (Phi) is 4.43. The molecule has 1 aromatic carbocycles. The monoisotopic (exact) mass is 257 g/mol. The quantitative estimate of drug-likeness (QED) is 0.805. The van der Waals surface area contributed by atoms with Crippen molar-refractivity contribution in [1.82, 2.24) is 9.55 Å². The average molecular weight is 257 g/mol. The Morgan fingerprint density at radius 1 is 1.47 bits per heavy atom. The van der Waals surface area contributed by atoms with Gasteiger partial charge in [-0.3, -0.25) is 0 Å². The zero-order valence-electron chi connectivity index (χ0n) is 11.2. The lowest BCUT2D eigenvalue weighted by molar-refractivity contribution is 0.340. The van der Waals surface area contributed by atoms with Crippen molar-refractivity contribution in [2.24, 2.45) is 5.73 Å². The van der Waals surface area contributed by atoms with Gasteiger partial charge in [-0.25, -0.2) is 4.98 Å². The average Bonchev–Trinajstić information content (AvgIpc) is 2.75. The number of aromatic nitrogens is 2. The highest BCUT2D eigenvalue weighted by atomic mass is 16.5. The predicted molar refractivity (Wildman–Crippen MR) is 77.1 cm³/mol. The van der Waals surface area contributed by atoms with E-state index in [1.54, 1.807) is 0 Å². The van der Waals surface area contributed by atoms with Crippen LogP contribution in [0.1, 0.15) is 19.2 Å². The van der Waals surface area contributed by atoms with E-state index < -0.39 is 0 Å². The Labute approximate surface area is 113 Å². The van der Waals surface area contributed by atoms with Crippen molar-refractivity contribution in [1.29, 1.82) is 0 Å². The van der Waals surface area contributed by atoms with Crippen molar-refractivity contribution in [3.8, 4) is 18.1 Å². The molecule has 2 aromatic rings. The summed E-state index contributed by atoms with van der Waals surface area (Å²) in [5.41, 5.74) is 7.53. The third-order valence-corrected chi connectivity index (χ3v) is 2.96. The molecule has 2 rings (SSSR count). The third kappa shape index (κ3) is 2.88. The normalized spacial score (nSPS) is 10.6. The molecule has 4 nitrogen and oxygen atoms in total. The molecule has 1 aromatic heterocycles. The minimum atomic E-state index is 0.532. The summed E-state index contributed by atoms with van der Waals surface area (Å²) in [4.78, 5) is 4.64. The van der Waals surface area contributed by atoms with Crippen molar-refractivity contribution in [3.63, 3.8) is 0 Å². The minimum Gasteiger partial charge on any atom is -0.494 e. The first kappa shape index (κ1) is 13.4. The van der Waals surface area contributed by atoms with Gasteiger partial charge in [0.2, 0.25) is 0 Å². The molecule has 0 aliphatic carbocycles. The lowest BCUT2D eigenvalue weighted by Gasteiger charge is -2.05. The van der Waals surface area contributed by atoms with E-state index in [-0.39, 0.29) is 0 Å². The summed E-state index contributed by atoms with van der Waals surface area (Å²) in [5, 5.41) is 0. The predicted octanol–water partition coefficient (Wildman–Crippen LogP) is 1.96. The number of rotatable bonds is 6. The van der Waals surface area contributed by atoms with E-state index in [9.17, 15) is 0 Å². The molecule has 0 spiro atoms. The number of nitrogens with two attached hydrogens (primary N) is 1. The van der Waals surface area contributed by atoms with E-state index in [2.05, 4.69) is 15.5 Å². The second-order valence-corrected chi connectivity index (χ2v) is 4.29. The van der Waals surface area contributed by atoms with E-state index in [0.717, 1.165) is 35.4 Å². The van der Waals surface area contributed by atoms with Crippen LogP contribution in [0.2, 0.25) is 0 Å². The highest BCUT2D eigenvalue weighted by molar-refractivity contribution is 5.78. The van der Waals surface area contributed by atoms with E-state index in [1.807, 2.05) is 25.1 Å². The molecule has 0 aliphatic rings. The zero-order valence-corrected chi connectivity index (χ0v) is 11.2. The first-order valence-electron chi connectivity index (χ1n) is 6.55. The van der Waals surface area contributed by atoms with Crippen LogP contribution in [0.4, 0.5) is 0 Å². The number of hydrogen-bond acceptors (Lipinski definition) is 3. The summed E-state index contributed by atoms with van der Waals surface area (Å²) in [6, 6.07) is 5.92. The second kappa shape index (κ2) is 6.26. The molecule has 0 amide bonds. The summed E-state index contributed by atoms with van der Waals surface area (Å²) in [5.74, 6) is 4.51. The van der Waals surface area contributed by atoms with Crippen LogP contribution in [0.5, 0.6) is 5.75 Å². The Balaban J connectivity index is 2.43. The Morgan fingerprint density at radius 3 is 3.00 bits per heavy atom. The fraction of sp³-hybridized carbons (Fsp3) is 0.400. The number of imidazole rings is 1. The minimum absolute atomic E-state index is 0.532. The largest absolute Gasteiger partial charge is 0.494 e. The Morgan fingerprint density at radius 2 is 2.32 bits per heavy atom. The molecule has 0 saturated carbocycles. The van der Waals surface area contributed by atoms with Gasteiger partial charge in [-0.15, -0.1) is 6.42 Å². The van der Waals surface area contributed by atoms with Crippen LogP contribution in [0.3, 0.4) is 0 Å². The number of hydrogen-bond donors (Lipinski definition) is 1. The highest BCUT2D eigenvalue weighted by Crippen LogP contribution is 2.22. The number of nitrogens with zero attached hydrogens (tertiary/aromatic N) is 2. The van der Waals surface area contributed by atoms with Gasteiger partial charge in [0.15, 0.2) is 0 Å². The van der Waals surface area contributed by atoms with Crippen molar-refractivity contribution in [3.05, 3.63) is 24.0 Å². The number of aryl methyl sites for hydroxylation is 1. The van der Waals surface area contributed by atoms with Crippen LogP contribution in [-0.4, -0.2) is 22.7 Å². The number of benzene rings is 1. The van der Waals surface area contributed by atoms with Gasteiger partial charge in [0.25, 0.3) is 0 Å². The Hall–Kier alpha value is -1.99. The summed E-state index contributed by atoms with van der Waals surface area (Å²) < 4.78 is 7.56. The van der Waals surface area contributed by atoms with Gasteiger partial charge in [0.05, 0.1) is 24.2 Å². The molecule has 1 heterocycles. The molecule has 100 valence electrons. The van der Waals surface area contributed by atoms with Gasteiger partial charge < -0.3 is 15.0 Å². The second-order valence-electron chi connectivity index (χ2n) is 4.29. The molecule has 0 aliphatic heterocycles. The first-order valence-corrected chi connectivity index (χ1v) is 6.55. The van der Waals surface area contributed by atoms with Crippen LogP contribution in [-0.2, 0) is 13.0 Å². The highest BCUT2D eigenvalue weighted by Gasteiger charge is 2.10. The molecule has 2 N–H and O–H groups in total. The van der Waals surface area contributed by atoms with Crippen LogP contribution in [0.25, 0.3) is 11.0 Å². The molecule has 0 radical (unpaired) electrons. The SMILES string of the molecule is C#CCn1c(CCCN)nc2cc(OCC)ccc21. The third-order valence-electron chi connectivity index (χ3n) is 2.96. The van der Waals surface area contributed by atoms with Crippen molar-refractivity contribution < 1.29 is 4.74 Å². The van der Waals surface area contributed by atoms with E-state index in [0.29, 0.717) is 19.7 Å². The lowest BCUT2D eigenvalue weighted by Crippen LogP contribution is -2.06. The lowest BCUT2D eigenvalue weighted by atomic mass is 10.3. The molecule has 0 bridgehead atoms. The molecule has 0 atom stereocenters. The zero-order chi connectivity index (χ0) is 13.7. The summed E-state index contributed by atoms with van der Waals surface area (Å²) in [6.07, 6.45) is 7.19. The van der Waals surface area contributed by atoms with Crippen LogP contribution < -0.4 is 10.5 Å². The molecule has 0 unspecified atom stereocenters. The number of ether oxygens (including phenoxy) is 1. The van der Waals surface area contributed by atoms with Crippen LogP contribution in [0, 0.1) is 12.3 Å². The van der Waals surface area contributed by atoms with Crippen LogP contribution in [0.15, 0.2) is 18.2 Å². The van der Waals surface area contributed by atoms with Gasteiger partial charge in [-0.05, 0) is 32.0 Å².